The van der Waals surface area contributed by atoms with Gasteiger partial charge in [-0.15, -0.1) is 0 Å². The van der Waals surface area contributed by atoms with E-state index in [1.54, 1.807) is 0 Å². The zero-order valence-electron chi connectivity index (χ0n) is 18.8. The summed E-state index contributed by atoms with van der Waals surface area (Å²) in [5.74, 6) is -6.59. The summed E-state index contributed by atoms with van der Waals surface area (Å²) in [4.78, 5) is 44.6. The van der Waals surface area contributed by atoms with Crippen LogP contribution in [0.25, 0.3) is 0 Å². The lowest BCUT2D eigenvalue weighted by Gasteiger charge is -2.30. The molecule has 0 fully saturated rings. The molecule has 36 heavy (non-hydrogen) atoms. The monoisotopic (exact) mass is 532 g/mol. The fourth-order valence-electron chi connectivity index (χ4n) is 3.08. The number of alkyl halides is 3. The highest BCUT2D eigenvalue weighted by Crippen LogP contribution is 2.39. The second-order valence-electron chi connectivity index (χ2n) is 7.18. The van der Waals surface area contributed by atoms with Gasteiger partial charge in [0.05, 0.1) is 48.2 Å². The second-order valence-corrected chi connectivity index (χ2v) is 7.58. The van der Waals surface area contributed by atoms with Crippen LogP contribution in [0, 0.1) is 11.7 Å². The first kappa shape index (κ1) is 26.7. The lowest BCUT2D eigenvalue weighted by molar-refractivity contribution is -0.143. The summed E-state index contributed by atoms with van der Waals surface area (Å²) in [5.41, 5.74) is -2.10. The van der Waals surface area contributed by atoms with Gasteiger partial charge in [-0.05, 0) is 19.1 Å². The van der Waals surface area contributed by atoms with Crippen molar-refractivity contribution in [2.45, 2.75) is 13.1 Å². The van der Waals surface area contributed by atoms with Crippen molar-refractivity contribution in [2.75, 3.05) is 31.0 Å². The van der Waals surface area contributed by atoms with E-state index in [1.807, 2.05) is 0 Å². The first-order valence-electron chi connectivity index (χ1n) is 9.91. The number of anilines is 3. The van der Waals surface area contributed by atoms with E-state index >= 15 is 0 Å². The van der Waals surface area contributed by atoms with Gasteiger partial charge in [-0.25, -0.2) is 14.1 Å². The van der Waals surface area contributed by atoms with Gasteiger partial charge in [-0.3, -0.25) is 9.59 Å². The Morgan fingerprint density at radius 1 is 1.17 bits per heavy atom. The summed E-state index contributed by atoms with van der Waals surface area (Å²) in [6, 6.07) is 2.94. The van der Waals surface area contributed by atoms with E-state index in [0.29, 0.717) is 0 Å². The lowest BCUT2D eigenvalue weighted by atomic mass is 9.94. The number of carbonyl (C=O) groups is 3. The van der Waals surface area contributed by atoms with Crippen molar-refractivity contribution < 1.29 is 46.2 Å². The van der Waals surface area contributed by atoms with Crippen molar-refractivity contribution in [3.63, 3.8) is 0 Å². The second kappa shape index (κ2) is 10.4. The van der Waals surface area contributed by atoms with E-state index in [0.717, 1.165) is 26.2 Å². The van der Waals surface area contributed by atoms with Crippen LogP contribution in [0.5, 0.6) is 11.8 Å². The molecule has 10 nitrogen and oxygen atoms in total. The number of halogens is 5. The van der Waals surface area contributed by atoms with E-state index in [1.165, 1.54) is 13.2 Å². The number of nitrogens with zero attached hydrogens (tertiary/aromatic N) is 3. The smallest absolute Gasteiger partial charge is 0.413 e. The third-order valence-electron chi connectivity index (χ3n) is 4.86. The Balaban J connectivity index is 1.98. The fourth-order valence-corrected chi connectivity index (χ4v) is 3.28. The Kier molecular flexibility index (Phi) is 7.67. The Bertz CT molecular complexity index is 1250. The van der Waals surface area contributed by atoms with Crippen molar-refractivity contribution in [3.8, 4) is 11.8 Å². The van der Waals surface area contributed by atoms with Gasteiger partial charge in [0.15, 0.2) is 6.61 Å². The standard InChI is InChI=1S/C21H17ClF4N4O6/c1-9-10(21(24,25)26)4-17(31)30(19(9)33)14-6-13(11(22)5-12(14)23)27-20-28-15(34-2)7-16(29-20)36-8-18(32)35-3/h4-7,9H,8H2,1-3H3,(H,27,28,29). The summed E-state index contributed by atoms with van der Waals surface area (Å²) in [6.45, 7) is 0.469. The summed E-state index contributed by atoms with van der Waals surface area (Å²) in [6.07, 6.45) is -4.68. The highest BCUT2D eigenvalue weighted by Gasteiger charge is 2.46. The van der Waals surface area contributed by atoms with Crippen molar-refractivity contribution in [1.29, 1.82) is 0 Å². The van der Waals surface area contributed by atoms with Gasteiger partial charge in [0.2, 0.25) is 23.6 Å². The molecule has 0 saturated heterocycles. The quantitative estimate of drug-likeness (QED) is 0.324. The van der Waals surface area contributed by atoms with Crippen LogP contribution in [0.1, 0.15) is 6.92 Å². The summed E-state index contributed by atoms with van der Waals surface area (Å²) < 4.78 is 68.9. The predicted octanol–water partition coefficient (Wildman–Crippen LogP) is 3.57. The molecular formula is C21H17ClF4N4O6. The molecule has 1 atom stereocenters. The maximum Gasteiger partial charge on any atom is 0.413 e. The molecule has 1 aromatic carbocycles. The number of imide groups is 1. The molecule has 0 bridgehead atoms. The molecule has 1 unspecified atom stereocenters. The van der Waals surface area contributed by atoms with Gasteiger partial charge < -0.3 is 19.5 Å². The minimum absolute atomic E-state index is 0.00847. The zero-order valence-corrected chi connectivity index (χ0v) is 19.5. The maximum absolute atomic E-state index is 14.7. The predicted molar refractivity (Wildman–Crippen MR) is 117 cm³/mol. The molecule has 3 rings (SSSR count). The molecule has 0 radical (unpaired) electrons. The number of hydrogen-bond acceptors (Lipinski definition) is 9. The van der Waals surface area contributed by atoms with Gasteiger partial charge in [0.25, 0.3) is 5.91 Å². The molecule has 0 saturated carbocycles. The van der Waals surface area contributed by atoms with E-state index < -0.39 is 53.6 Å². The van der Waals surface area contributed by atoms with Gasteiger partial charge in [0, 0.05) is 6.08 Å². The number of hydrogen-bond donors (Lipinski definition) is 1. The molecule has 15 heteroatoms. The topological polar surface area (TPSA) is 120 Å². The van der Waals surface area contributed by atoms with Crippen LogP contribution in [0.15, 0.2) is 29.8 Å². The average molecular weight is 533 g/mol. The minimum Gasteiger partial charge on any atom is -0.481 e. The van der Waals surface area contributed by atoms with Gasteiger partial charge in [-0.2, -0.15) is 23.1 Å². The number of ether oxygens (including phenoxy) is 3. The third kappa shape index (κ3) is 5.64. The van der Waals surface area contributed by atoms with Crippen LogP contribution < -0.4 is 19.7 Å². The molecule has 1 aliphatic rings. The Labute approximate surface area is 205 Å². The SMILES string of the molecule is COC(=O)COc1cc(OC)nc(Nc2cc(N3C(=O)C=C(C(F)(F)F)C(C)C3=O)c(F)cc2Cl)n1. The first-order valence-corrected chi connectivity index (χ1v) is 10.3. The lowest BCUT2D eigenvalue weighted by Crippen LogP contribution is -2.46. The van der Waals surface area contributed by atoms with Crippen LogP contribution in [0.3, 0.4) is 0 Å². The van der Waals surface area contributed by atoms with E-state index in [4.69, 9.17) is 21.1 Å². The number of carbonyl (C=O) groups excluding carboxylic acids is 3. The zero-order chi connectivity index (χ0) is 26.8. The first-order chi connectivity index (χ1) is 16.8. The highest BCUT2D eigenvalue weighted by molar-refractivity contribution is 6.33. The van der Waals surface area contributed by atoms with Gasteiger partial charge in [0.1, 0.15) is 5.82 Å². The van der Waals surface area contributed by atoms with Crippen LogP contribution >= 0.6 is 11.6 Å². The number of benzene rings is 1. The Morgan fingerprint density at radius 2 is 1.83 bits per heavy atom. The van der Waals surface area contributed by atoms with Gasteiger partial charge in [-0.1, -0.05) is 11.6 Å². The average Bonchev–Trinajstić information content (AvgIpc) is 2.81. The minimum atomic E-state index is -4.92. The third-order valence-corrected chi connectivity index (χ3v) is 5.17. The molecular weight excluding hydrogens is 516 g/mol. The van der Waals surface area contributed by atoms with Crippen LogP contribution in [0.4, 0.5) is 34.9 Å². The van der Waals surface area contributed by atoms with Crippen LogP contribution in [0.2, 0.25) is 5.02 Å². The van der Waals surface area contributed by atoms with E-state index in [-0.39, 0.29) is 39.4 Å². The molecule has 2 aromatic rings. The molecule has 1 N–H and O–H groups in total. The van der Waals surface area contributed by atoms with Crippen molar-refractivity contribution in [2.24, 2.45) is 5.92 Å². The number of nitrogens with one attached hydrogen (secondary N) is 1. The van der Waals surface area contributed by atoms with E-state index in [9.17, 15) is 31.9 Å². The molecule has 192 valence electrons. The number of amides is 2. The van der Waals surface area contributed by atoms with Crippen molar-refractivity contribution in [1.82, 2.24) is 9.97 Å². The molecule has 0 aliphatic carbocycles. The van der Waals surface area contributed by atoms with Crippen LogP contribution in [-0.4, -0.2) is 54.8 Å². The number of methoxy groups -OCH3 is 2. The van der Waals surface area contributed by atoms with E-state index in [2.05, 4.69) is 20.0 Å². The molecule has 1 aromatic heterocycles. The number of esters is 1. The number of aromatic nitrogens is 2. The van der Waals surface area contributed by atoms with Crippen LogP contribution in [-0.2, 0) is 19.1 Å². The summed E-state index contributed by atoms with van der Waals surface area (Å²) >= 11 is 6.08. The Hall–Kier alpha value is -3.94. The van der Waals surface area contributed by atoms with Crippen molar-refractivity contribution in [3.05, 3.63) is 40.7 Å². The highest BCUT2D eigenvalue weighted by atomic mass is 35.5. The summed E-state index contributed by atoms with van der Waals surface area (Å²) in [5, 5.41) is 2.39. The molecule has 0 spiro atoms. The van der Waals surface area contributed by atoms with Gasteiger partial charge >= 0.3 is 12.1 Å². The maximum atomic E-state index is 14.7. The molecule has 2 heterocycles. The molecule has 2 amide bonds. The largest absolute Gasteiger partial charge is 0.481 e. The van der Waals surface area contributed by atoms with Crippen molar-refractivity contribution >= 4 is 46.7 Å². The molecule has 1 aliphatic heterocycles. The summed E-state index contributed by atoms with van der Waals surface area (Å²) in [7, 11) is 2.45. The number of rotatable bonds is 7. The normalized spacial score (nSPS) is 15.9. The fraction of sp³-hybridized carbons (Fsp3) is 0.286. The Morgan fingerprint density at radius 3 is 2.44 bits per heavy atom.